The molecule has 0 bridgehead atoms. The van der Waals surface area contributed by atoms with Crippen molar-refractivity contribution in [3.05, 3.63) is 66.7 Å². The van der Waals surface area contributed by atoms with Crippen molar-refractivity contribution in [3.63, 3.8) is 0 Å². The van der Waals surface area contributed by atoms with Gasteiger partial charge in [-0.2, -0.15) is 0 Å². The Hall–Kier alpha value is -1.67. The molecule has 2 aromatic carbocycles. The Labute approximate surface area is 133 Å². The molecule has 0 fully saturated rings. The summed E-state index contributed by atoms with van der Waals surface area (Å²) in [5.41, 5.74) is 0.211. The van der Waals surface area contributed by atoms with Gasteiger partial charge in [0.1, 0.15) is 5.56 Å². The summed E-state index contributed by atoms with van der Waals surface area (Å²) in [5, 5.41) is 13.8. The zero-order valence-electron chi connectivity index (χ0n) is 9.97. The summed E-state index contributed by atoms with van der Waals surface area (Å²) in [7, 11) is 0. The number of halogens is 2. The van der Waals surface area contributed by atoms with Crippen LogP contribution in [0.3, 0.4) is 0 Å². The molecular weight excluding hydrogens is 395 g/mol. The largest absolute Gasteiger partial charge is 0.322 e. The maximum atomic E-state index is 12.1. The average Bonchev–Trinajstić information content (AvgIpc) is 2.41. The number of rotatable bonds is 3. The smallest absolute Gasteiger partial charge is 0.282 e. The topological polar surface area (TPSA) is 72.2 Å². The fraction of sp³-hybridized carbons (Fsp3) is 0. The number of benzene rings is 2. The van der Waals surface area contributed by atoms with E-state index < -0.39 is 10.8 Å². The number of nitro groups is 1. The van der Waals surface area contributed by atoms with Crippen LogP contribution in [0, 0.1) is 13.7 Å². The third-order valence-electron chi connectivity index (χ3n) is 2.50. The lowest BCUT2D eigenvalue weighted by atomic mass is 10.1. The minimum Gasteiger partial charge on any atom is -0.322 e. The molecule has 0 atom stereocenters. The van der Waals surface area contributed by atoms with E-state index in [0.29, 0.717) is 5.69 Å². The first-order valence-corrected chi connectivity index (χ1v) is 6.94. The number of hydrogen-bond acceptors (Lipinski definition) is 3. The summed E-state index contributed by atoms with van der Waals surface area (Å²) >= 11 is 7.93. The Morgan fingerprint density at radius 1 is 1.20 bits per heavy atom. The Morgan fingerprint density at radius 3 is 2.45 bits per heavy atom. The van der Waals surface area contributed by atoms with Crippen LogP contribution in [0.15, 0.2) is 42.5 Å². The van der Waals surface area contributed by atoms with Gasteiger partial charge in [-0.15, -0.1) is 0 Å². The highest BCUT2D eigenvalue weighted by molar-refractivity contribution is 14.1. The molecule has 0 unspecified atom stereocenters. The lowest BCUT2D eigenvalue weighted by molar-refractivity contribution is -0.385. The minimum atomic E-state index is -0.612. The zero-order chi connectivity index (χ0) is 14.7. The number of hydrogen-bond donors (Lipinski definition) is 1. The molecule has 1 amide bonds. The minimum absolute atomic E-state index is 0.0685. The predicted molar refractivity (Wildman–Crippen MR) is 85.2 cm³/mol. The summed E-state index contributed by atoms with van der Waals surface area (Å²) < 4.78 is 1.02. The number of anilines is 1. The van der Waals surface area contributed by atoms with Crippen LogP contribution in [0.5, 0.6) is 0 Å². The molecule has 20 heavy (non-hydrogen) atoms. The SMILES string of the molecule is O=C(Nc1ccc(I)cc1)c1cc(Cl)ccc1[N+](=O)[O-]. The van der Waals surface area contributed by atoms with Gasteiger partial charge in [-0.3, -0.25) is 14.9 Å². The van der Waals surface area contributed by atoms with Crippen LogP contribution < -0.4 is 5.32 Å². The van der Waals surface area contributed by atoms with Crippen LogP contribution in [-0.4, -0.2) is 10.8 Å². The van der Waals surface area contributed by atoms with Gasteiger partial charge in [-0.05, 0) is 59.0 Å². The van der Waals surface area contributed by atoms with Crippen molar-refractivity contribution >= 4 is 51.5 Å². The molecule has 2 aromatic rings. The molecule has 0 aliphatic rings. The highest BCUT2D eigenvalue weighted by Gasteiger charge is 2.20. The molecule has 7 heteroatoms. The standard InChI is InChI=1S/C13H8ClIN2O3/c14-8-1-6-12(17(19)20)11(7-8)13(18)16-10-4-2-9(15)3-5-10/h1-7H,(H,16,18). The van der Waals surface area contributed by atoms with Gasteiger partial charge in [-0.25, -0.2) is 0 Å². The molecule has 2 rings (SSSR count). The molecule has 1 N–H and O–H groups in total. The van der Waals surface area contributed by atoms with Gasteiger partial charge in [0.05, 0.1) is 4.92 Å². The summed E-state index contributed by atoms with van der Waals surface area (Å²) in [6, 6.07) is 10.9. The summed E-state index contributed by atoms with van der Waals surface area (Å²) in [6.07, 6.45) is 0. The Morgan fingerprint density at radius 2 is 1.85 bits per heavy atom. The van der Waals surface area contributed by atoms with E-state index in [1.54, 1.807) is 12.1 Å². The lowest BCUT2D eigenvalue weighted by Gasteiger charge is -2.06. The third-order valence-corrected chi connectivity index (χ3v) is 3.46. The molecule has 0 saturated heterocycles. The van der Waals surface area contributed by atoms with Crippen molar-refractivity contribution in [2.24, 2.45) is 0 Å². The van der Waals surface area contributed by atoms with Crippen molar-refractivity contribution in [1.29, 1.82) is 0 Å². The highest BCUT2D eigenvalue weighted by Crippen LogP contribution is 2.24. The highest BCUT2D eigenvalue weighted by atomic mass is 127. The van der Waals surface area contributed by atoms with Crippen molar-refractivity contribution in [2.45, 2.75) is 0 Å². The van der Waals surface area contributed by atoms with E-state index in [1.165, 1.54) is 18.2 Å². The van der Waals surface area contributed by atoms with E-state index in [0.717, 1.165) is 3.57 Å². The normalized spacial score (nSPS) is 10.1. The number of amides is 1. The van der Waals surface area contributed by atoms with Gasteiger partial charge < -0.3 is 5.32 Å². The van der Waals surface area contributed by atoms with Crippen molar-refractivity contribution in [3.8, 4) is 0 Å². The molecule has 0 aliphatic heterocycles. The van der Waals surface area contributed by atoms with E-state index in [9.17, 15) is 14.9 Å². The predicted octanol–water partition coefficient (Wildman–Crippen LogP) is 4.11. The third kappa shape index (κ3) is 3.45. The zero-order valence-corrected chi connectivity index (χ0v) is 12.9. The van der Waals surface area contributed by atoms with Crippen LogP contribution in [-0.2, 0) is 0 Å². The van der Waals surface area contributed by atoms with Crippen molar-refractivity contribution < 1.29 is 9.72 Å². The monoisotopic (exact) mass is 402 g/mol. The second-order valence-electron chi connectivity index (χ2n) is 3.88. The lowest BCUT2D eigenvalue weighted by Crippen LogP contribution is -2.14. The maximum Gasteiger partial charge on any atom is 0.282 e. The molecule has 0 heterocycles. The van der Waals surface area contributed by atoms with E-state index in [-0.39, 0.29) is 16.3 Å². The molecule has 0 spiro atoms. The first-order chi connectivity index (χ1) is 9.47. The van der Waals surface area contributed by atoms with Crippen molar-refractivity contribution in [2.75, 3.05) is 5.32 Å². The van der Waals surface area contributed by atoms with Gasteiger partial charge in [0.25, 0.3) is 11.6 Å². The van der Waals surface area contributed by atoms with Crippen LogP contribution in [0.25, 0.3) is 0 Å². The number of nitrogens with one attached hydrogen (secondary N) is 1. The van der Waals surface area contributed by atoms with Gasteiger partial charge in [0.15, 0.2) is 0 Å². The van der Waals surface area contributed by atoms with Crippen LogP contribution >= 0.6 is 34.2 Å². The first kappa shape index (κ1) is 14.7. The summed E-state index contributed by atoms with van der Waals surface area (Å²) in [4.78, 5) is 22.4. The molecule has 0 saturated carbocycles. The Kier molecular flexibility index (Phi) is 4.56. The van der Waals surface area contributed by atoms with Gasteiger partial charge in [-0.1, -0.05) is 11.6 Å². The Balaban J connectivity index is 2.31. The van der Waals surface area contributed by atoms with E-state index >= 15 is 0 Å². The fourth-order valence-electron chi connectivity index (χ4n) is 1.58. The number of nitro benzene ring substituents is 1. The molecule has 5 nitrogen and oxygen atoms in total. The quantitative estimate of drug-likeness (QED) is 0.477. The second kappa shape index (κ2) is 6.19. The molecule has 0 radical (unpaired) electrons. The average molecular weight is 403 g/mol. The number of nitrogens with zero attached hydrogens (tertiary/aromatic N) is 1. The van der Waals surface area contributed by atoms with Crippen LogP contribution in [0.4, 0.5) is 11.4 Å². The van der Waals surface area contributed by atoms with E-state index in [4.69, 9.17) is 11.6 Å². The van der Waals surface area contributed by atoms with Gasteiger partial charge in [0, 0.05) is 20.3 Å². The van der Waals surface area contributed by atoms with E-state index in [2.05, 4.69) is 27.9 Å². The fourth-order valence-corrected chi connectivity index (χ4v) is 2.11. The second-order valence-corrected chi connectivity index (χ2v) is 5.56. The summed E-state index contributed by atoms with van der Waals surface area (Å²) in [6.45, 7) is 0. The summed E-state index contributed by atoms with van der Waals surface area (Å²) in [5.74, 6) is -0.569. The van der Waals surface area contributed by atoms with Crippen LogP contribution in [0.1, 0.15) is 10.4 Å². The van der Waals surface area contributed by atoms with Gasteiger partial charge in [0.2, 0.25) is 0 Å². The molecular formula is C13H8ClIN2O3. The number of carbonyl (C=O) groups is 1. The van der Waals surface area contributed by atoms with Crippen molar-refractivity contribution in [1.82, 2.24) is 0 Å². The first-order valence-electron chi connectivity index (χ1n) is 5.48. The molecule has 0 aromatic heterocycles. The Bertz CT molecular complexity index is 674. The number of carbonyl (C=O) groups excluding carboxylic acids is 1. The van der Waals surface area contributed by atoms with Crippen LogP contribution in [0.2, 0.25) is 5.02 Å². The van der Waals surface area contributed by atoms with E-state index in [1.807, 2.05) is 12.1 Å². The van der Waals surface area contributed by atoms with Gasteiger partial charge >= 0.3 is 0 Å². The molecule has 102 valence electrons. The maximum absolute atomic E-state index is 12.1. The molecule has 0 aliphatic carbocycles.